The van der Waals surface area contributed by atoms with Gasteiger partial charge in [-0.15, -0.1) is 0 Å². The van der Waals surface area contributed by atoms with Crippen LogP contribution in [-0.2, 0) is 9.59 Å². The number of carbonyl (C=O) groups excluding carboxylic acids is 2. The molecule has 6 rings (SSSR count). The molecule has 4 aliphatic rings. The molecule has 2 aromatic carbocycles. The van der Waals surface area contributed by atoms with Gasteiger partial charge in [0.15, 0.2) is 0 Å². The second kappa shape index (κ2) is 4.85. The van der Waals surface area contributed by atoms with Gasteiger partial charge in [-0.25, -0.2) is 0 Å². The third kappa shape index (κ3) is 1.77. The predicted molar refractivity (Wildman–Crippen MR) is 99.8 cm³/mol. The number of allylic oxidation sites excluding steroid dienone is 2. The highest BCUT2D eigenvalue weighted by Gasteiger charge is 2.73. The summed E-state index contributed by atoms with van der Waals surface area (Å²) in [4.78, 5) is 25.9. The first kappa shape index (κ1) is 15.1. The van der Waals surface area contributed by atoms with Crippen LogP contribution < -0.4 is 0 Å². The minimum atomic E-state index is -0.256. The zero-order valence-corrected chi connectivity index (χ0v) is 14.6. The van der Waals surface area contributed by atoms with E-state index in [0.717, 1.165) is 28.6 Å². The molecule has 1 heterocycles. The average molecular weight is 358 g/mol. The molecule has 0 unspecified atom stereocenters. The van der Waals surface area contributed by atoms with Crippen molar-refractivity contribution >= 4 is 28.8 Å². The average Bonchev–Trinajstić information content (AvgIpc) is 3.28. The Morgan fingerprint density at radius 2 is 1.67 bits per heavy atom. The summed E-state index contributed by atoms with van der Waals surface area (Å²) in [7, 11) is 0. The van der Waals surface area contributed by atoms with Crippen molar-refractivity contribution < 1.29 is 14.7 Å². The van der Waals surface area contributed by atoms with E-state index in [1.807, 2.05) is 30.3 Å². The van der Waals surface area contributed by atoms with Gasteiger partial charge in [-0.3, -0.25) is 9.59 Å². The van der Waals surface area contributed by atoms with E-state index >= 15 is 0 Å². The molecule has 5 heteroatoms. The molecule has 0 aromatic heterocycles. The number of hydrogen-bond acceptors (Lipinski definition) is 4. The third-order valence-electron chi connectivity index (χ3n) is 7.08. The molecule has 2 bridgehead atoms. The van der Waals surface area contributed by atoms with E-state index in [2.05, 4.69) is 17.3 Å². The molecule has 3 aliphatic carbocycles. The third-order valence-corrected chi connectivity index (χ3v) is 7.08. The smallest absolute Gasteiger partial charge is 0.254 e. The number of carbonyl (C=O) groups is 2. The van der Waals surface area contributed by atoms with Gasteiger partial charge in [0.25, 0.3) is 11.8 Å². The largest absolute Gasteiger partial charge is 0.507 e. The summed E-state index contributed by atoms with van der Waals surface area (Å²) >= 11 is 0. The van der Waals surface area contributed by atoms with E-state index in [1.165, 1.54) is 6.21 Å². The number of amides is 2. The topological polar surface area (TPSA) is 70.0 Å². The molecule has 1 spiro atoms. The molecule has 1 saturated heterocycles. The van der Waals surface area contributed by atoms with Crippen molar-refractivity contribution in [1.29, 1.82) is 0 Å². The Bertz CT molecular complexity index is 1050. The van der Waals surface area contributed by atoms with Crippen LogP contribution in [0.15, 0.2) is 53.7 Å². The van der Waals surface area contributed by atoms with E-state index < -0.39 is 0 Å². The zero-order chi connectivity index (χ0) is 18.3. The van der Waals surface area contributed by atoms with Gasteiger partial charge in [0.1, 0.15) is 5.75 Å². The highest BCUT2D eigenvalue weighted by atomic mass is 16.3. The molecule has 3 fully saturated rings. The summed E-state index contributed by atoms with van der Waals surface area (Å²) in [6.45, 7) is 0. The summed E-state index contributed by atoms with van der Waals surface area (Å²) in [5.41, 5.74) is 0.704. The number of hydrogen-bond donors (Lipinski definition) is 1. The van der Waals surface area contributed by atoms with E-state index in [4.69, 9.17) is 0 Å². The Morgan fingerprint density at radius 1 is 1.00 bits per heavy atom. The fourth-order valence-corrected chi connectivity index (χ4v) is 5.71. The first-order valence-corrected chi connectivity index (χ1v) is 9.43. The van der Waals surface area contributed by atoms with Gasteiger partial charge in [-0.2, -0.15) is 10.1 Å². The lowest BCUT2D eigenvalue weighted by Gasteiger charge is -2.18. The number of fused-ring (bicyclic) bond motifs is 4. The minimum absolute atomic E-state index is 0.0791. The van der Waals surface area contributed by atoms with Crippen molar-refractivity contribution in [3.05, 3.63) is 54.1 Å². The lowest BCUT2D eigenvalue weighted by molar-refractivity contribution is -0.141. The second-order valence-electron chi connectivity index (χ2n) is 8.17. The summed E-state index contributed by atoms with van der Waals surface area (Å²) in [6.07, 6.45) is 7.98. The molecular formula is C22H18N2O3. The lowest BCUT2D eigenvalue weighted by Crippen LogP contribution is -2.30. The van der Waals surface area contributed by atoms with Crippen molar-refractivity contribution in [2.24, 2.45) is 34.2 Å². The SMILES string of the molecule is O=C1[C@@H]2[C@H](C(=O)N1/N=C/c1c(O)ccc3ccccc13)[C@@H]1C=C[C@H]2C12CC2. The number of aromatic hydroxyl groups is 1. The monoisotopic (exact) mass is 358 g/mol. The van der Waals surface area contributed by atoms with Crippen LogP contribution in [-0.4, -0.2) is 28.1 Å². The summed E-state index contributed by atoms with van der Waals surface area (Å²) in [5.74, 6) is -0.435. The van der Waals surface area contributed by atoms with Crippen LogP contribution in [0.25, 0.3) is 10.8 Å². The van der Waals surface area contributed by atoms with Crippen LogP contribution in [0.1, 0.15) is 18.4 Å². The first-order valence-electron chi connectivity index (χ1n) is 9.43. The Kier molecular flexibility index (Phi) is 2.72. The maximum Gasteiger partial charge on any atom is 0.254 e. The summed E-state index contributed by atoms with van der Waals surface area (Å²) < 4.78 is 0. The molecule has 1 N–H and O–H groups in total. The van der Waals surface area contributed by atoms with Gasteiger partial charge < -0.3 is 5.11 Å². The molecule has 27 heavy (non-hydrogen) atoms. The number of hydrazone groups is 1. The fraction of sp³-hybridized carbons (Fsp3) is 0.318. The number of phenolic OH excluding ortho intramolecular Hbond substituents is 1. The van der Waals surface area contributed by atoms with Crippen LogP contribution >= 0.6 is 0 Å². The van der Waals surface area contributed by atoms with Gasteiger partial charge in [-0.1, -0.05) is 42.5 Å². The molecular weight excluding hydrogens is 340 g/mol. The number of phenols is 1. The number of imide groups is 1. The van der Waals surface area contributed by atoms with Gasteiger partial charge in [0.2, 0.25) is 0 Å². The molecule has 2 amide bonds. The molecule has 0 radical (unpaired) electrons. The highest BCUT2D eigenvalue weighted by molar-refractivity contribution is 6.08. The van der Waals surface area contributed by atoms with Crippen LogP contribution in [0.2, 0.25) is 0 Å². The van der Waals surface area contributed by atoms with Crippen LogP contribution in [0.4, 0.5) is 0 Å². The Labute approximate surface area is 156 Å². The quantitative estimate of drug-likeness (QED) is 0.510. The van der Waals surface area contributed by atoms with Gasteiger partial charge >= 0.3 is 0 Å². The zero-order valence-electron chi connectivity index (χ0n) is 14.6. The highest BCUT2D eigenvalue weighted by Crippen LogP contribution is 2.73. The maximum atomic E-state index is 13.0. The van der Waals surface area contributed by atoms with Crippen molar-refractivity contribution in [1.82, 2.24) is 5.01 Å². The van der Waals surface area contributed by atoms with Gasteiger partial charge in [0.05, 0.1) is 18.1 Å². The lowest BCUT2D eigenvalue weighted by atomic mass is 9.85. The van der Waals surface area contributed by atoms with E-state index in [1.54, 1.807) is 6.07 Å². The maximum absolute atomic E-state index is 13.0. The number of benzene rings is 2. The van der Waals surface area contributed by atoms with Crippen molar-refractivity contribution in [2.75, 3.05) is 0 Å². The second-order valence-corrected chi connectivity index (χ2v) is 8.17. The number of nitrogens with zero attached hydrogens (tertiary/aromatic N) is 2. The Hall–Kier alpha value is -2.95. The summed E-state index contributed by atoms with van der Waals surface area (Å²) in [6, 6.07) is 11.1. The number of rotatable bonds is 2. The normalized spacial score (nSPS) is 32.4. The molecule has 1 aliphatic heterocycles. The van der Waals surface area contributed by atoms with E-state index in [9.17, 15) is 14.7 Å². The van der Waals surface area contributed by atoms with Crippen LogP contribution in [0, 0.1) is 29.1 Å². The van der Waals surface area contributed by atoms with E-state index in [-0.39, 0.29) is 46.7 Å². The van der Waals surface area contributed by atoms with Crippen molar-refractivity contribution in [3.8, 4) is 5.75 Å². The molecule has 2 saturated carbocycles. The standard InChI is InChI=1S/C22H18N2O3/c25-17-8-5-12-3-1-2-4-13(12)14(17)11-23-24-20(26)18-15-6-7-16(19(18)21(24)27)22(15)9-10-22/h1-8,11,15-16,18-19,25H,9-10H2/b23-11+/t15-,16+,18+,19-. The van der Waals surface area contributed by atoms with Gasteiger partial charge in [0, 0.05) is 5.56 Å². The van der Waals surface area contributed by atoms with Crippen molar-refractivity contribution in [2.45, 2.75) is 12.8 Å². The van der Waals surface area contributed by atoms with Gasteiger partial charge in [-0.05, 0) is 46.9 Å². The molecule has 134 valence electrons. The minimum Gasteiger partial charge on any atom is -0.507 e. The van der Waals surface area contributed by atoms with Crippen LogP contribution in [0.5, 0.6) is 5.75 Å². The summed E-state index contributed by atoms with van der Waals surface area (Å²) in [5, 5.41) is 17.3. The Balaban J connectivity index is 1.37. The van der Waals surface area contributed by atoms with E-state index in [0.29, 0.717) is 5.56 Å². The molecule has 2 aromatic rings. The molecule has 5 nitrogen and oxygen atoms in total. The molecule has 4 atom stereocenters. The predicted octanol–water partition coefficient (Wildman–Crippen LogP) is 3.08. The first-order chi connectivity index (χ1) is 13.1. The fourth-order valence-electron chi connectivity index (χ4n) is 5.71. The Morgan fingerprint density at radius 3 is 2.33 bits per heavy atom. The van der Waals surface area contributed by atoms with Crippen LogP contribution in [0.3, 0.4) is 0 Å². The van der Waals surface area contributed by atoms with Crippen molar-refractivity contribution in [3.63, 3.8) is 0 Å².